The number of unbranched alkanes of at least 4 members (excludes halogenated alkanes) is 1. The van der Waals surface area contributed by atoms with Gasteiger partial charge >= 0.3 is 6.18 Å². The molecule has 0 aliphatic heterocycles. The second-order valence-electron chi connectivity index (χ2n) is 8.13. The number of rotatable bonds is 4. The third-order valence-corrected chi connectivity index (χ3v) is 6.28. The van der Waals surface area contributed by atoms with Crippen LogP contribution in [-0.2, 0) is 12.6 Å². The van der Waals surface area contributed by atoms with Crippen LogP contribution in [0.25, 0.3) is 10.8 Å². The molecular weight excluding hydrogens is 395 g/mol. The first-order valence-corrected chi connectivity index (χ1v) is 10.4. The molecule has 0 saturated carbocycles. The maximum Gasteiger partial charge on any atom is 0.422 e. The molecule has 2 atom stereocenters. The van der Waals surface area contributed by atoms with Gasteiger partial charge in [-0.1, -0.05) is 56.2 Å². The van der Waals surface area contributed by atoms with Gasteiger partial charge in [-0.2, -0.15) is 13.2 Å². The van der Waals surface area contributed by atoms with E-state index in [4.69, 9.17) is 0 Å². The Morgan fingerprint density at radius 1 is 0.967 bits per heavy atom. The minimum Gasteiger partial charge on any atom is -0.206 e. The van der Waals surface area contributed by atoms with Gasteiger partial charge in [0.25, 0.3) is 0 Å². The molecule has 0 bridgehead atoms. The van der Waals surface area contributed by atoms with Crippen LogP contribution in [0.4, 0.5) is 22.0 Å². The van der Waals surface area contributed by atoms with E-state index in [1.54, 1.807) is 0 Å². The number of alkyl halides is 3. The summed E-state index contributed by atoms with van der Waals surface area (Å²) in [5.41, 5.74) is 0.576. The van der Waals surface area contributed by atoms with E-state index in [0.29, 0.717) is 0 Å². The topological polar surface area (TPSA) is 0 Å². The van der Waals surface area contributed by atoms with Crippen LogP contribution in [0, 0.1) is 17.6 Å². The first-order chi connectivity index (χ1) is 14.3. The molecule has 0 fully saturated rings. The molecule has 1 aliphatic rings. The monoisotopic (exact) mass is 418 g/mol. The summed E-state index contributed by atoms with van der Waals surface area (Å²) in [6, 6.07) is 13.7. The third kappa shape index (κ3) is 3.70. The number of halogens is 5. The Morgan fingerprint density at radius 3 is 2.33 bits per heavy atom. The minimum atomic E-state index is -5.06. The molecule has 1 aliphatic carbocycles. The summed E-state index contributed by atoms with van der Waals surface area (Å²) in [4.78, 5) is 0. The zero-order chi connectivity index (χ0) is 21.5. The van der Waals surface area contributed by atoms with Gasteiger partial charge in [0.15, 0.2) is 0 Å². The summed E-state index contributed by atoms with van der Waals surface area (Å²) in [6.45, 7) is 2.08. The lowest BCUT2D eigenvalue weighted by atomic mass is 9.69. The molecule has 0 spiro atoms. The zero-order valence-corrected chi connectivity index (χ0v) is 16.7. The predicted molar refractivity (Wildman–Crippen MR) is 108 cm³/mol. The van der Waals surface area contributed by atoms with Crippen molar-refractivity contribution in [3.63, 3.8) is 0 Å². The Hall–Kier alpha value is -2.43. The van der Waals surface area contributed by atoms with Crippen LogP contribution in [0.3, 0.4) is 0 Å². The molecular formula is C25H23F5. The van der Waals surface area contributed by atoms with Gasteiger partial charge in [-0.05, 0) is 64.8 Å². The van der Waals surface area contributed by atoms with E-state index in [0.717, 1.165) is 66.1 Å². The number of hydrogen-bond acceptors (Lipinski definition) is 0. The Balaban J connectivity index is 1.88. The quantitative estimate of drug-likeness (QED) is 0.376. The summed E-state index contributed by atoms with van der Waals surface area (Å²) in [5.74, 6) is -3.27. The molecule has 0 heterocycles. The normalized spacial score (nSPS) is 19.1. The number of aryl methyl sites for hydroxylation is 1. The third-order valence-electron chi connectivity index (χ3n) is 6.28. The smallest absolute Gasteiger partial charge is 0.206 e. The molecule has 0 unspecified atom stereocenters. The van der Waals surface area contributed by atoms with Crippen LogP contribution in [0.5, 0.6) is 0 Å². The van der Waals surface area contributed by atoms with Gasteiger partial charge < -0.3 is 0 Å². The van der Waals surface area contributed by atoms with Gasteiger partial charge in [0, 0.05) is 5.92 Å². The molecule has 3 aromatic carbocycles. The maximum absolute atomic E-state index is 14.4. The summed E-state index contributed by atoms with van der Waals surface area (Å²) in [7, 11) is 0. The summed E-state index contributed by atoms with van der Waals surface area (Å²) >= 11 is 0. The number of benzene rings is 3. The fraction of sp³-hybridized carbons (Fsp3) is 0.360. The molecule has 158 valence electrons. The molecule has 0 nitrogen and oxygen atoms in total. The lowest BCUT2D eigenvalue weighted by Gasteiger charge is -2.35. The van der Waals surface area contributed by atoms with Crippen molar-refractivity contribution in [2.75, 3.05) is 0 Å². The highest BCUT2D eigenvalue weighted by atomic mass is 19.4. The highest BCUT2D eigenvalue weighted by Crippen LogP contribution is 2.46. The lowest BCUT2D eigenvalue weighted by molar-refractivity contribution is -0.142. The molecule has 0 radical (unpaired) electrons. The van der Waals surface area contributed by atoms with Crippen LogP contribution in [0.2, 0.25) is 0 Å². The second-order valence-corrected chi connectivity index (χ2v) is 8.13. The standard InChI is InChI=1S/C25H23F5/c1-2-3-6-16-10-11-19-18-8-5-4-7-15(18)9-12-20(19)23(16)17-13-21(26)24(22(27)14-17)25(28,29)30/h4-5,7-9,12-14,16,23H,2-3,6,10-11H2,1H3/t16-,23-/m1/s1. The molecule has 0 N–H and O–H groups in total. The molecule has 3 aromatic rings. The first-order valence-electron chi connectivity index (χ1n) is 10.4. The molecule has 0 saturated heterocycles. The zero-order valence-electron chi connectivity index (χ0n) is 16.7. The van der Waals surface area contributed by atoms with Gasteiger partial charge in [0.1, 0.15) is 17.2 Å². The average Bonchev–Trinajstić information content (AvgIpc) is 2.69. The highest BCUT2D eigenvalue weighted by molar-refractivity contribution is 5.87. The van der Waals surface area contributed by atoms with Crippen LogP contribution >= 0.6 is 0 Å². The molecule has 0 amide bonds. The molecule has 4 rings (SSSR count). The summed E-state index contributed by atoms with van der Waals surface area (Å²) < 4.78 is 68.0. The molecule has 0 aromatic heterocycles. The van der Waals surface area contributed by atoms with Gasteiger partial charge in [-0.15, -0.1) is 0 Å². The Morgan fingerprint density at radius 2 is 1.67 bits per heavy atom. The molecule has 5 heteroatoms. The van der Waals surface area contributed by atoms with Crippen molar-refractivity contribution in [2.45, 2.75) is 51.1 Å². The largest absolute Gasteiger partial charge is 0.422 e. The van der Waals surface area contributed by atoms with E-state index in [9.17, 15) is 22.0 Å². The summed E-state index contributed by atoms with van der Waals surface area (Å²) in [5, 5.41) is 2.19. The van der Waals surface area contributed by atoms with Crippen LogP contribution in [0.15, 0.2) is 48.5 Å². The van der Waals surface area contributed by atoms with E-state index < -0.39 is 23.4 Å². The van der Waals surface area contributed by atoms with Crippen molar-refractivity contribution in [1.82, 2.24) is 0 Å². The predicted octanol–water partition coefficient (Wildman–Crippen LogP) is 8.02. The summed E-state index contributed by atoms with van der Waals surface area (Å²) in [6.07, 6.45) is -0.533. The van der Waals surface area contributed by atoms with E-state index in [-0.39, 0.29) is 17.4 Å². The lowest BCUT2D eigenvalue weighted by Crippen LogP contribution is -2.23. The van der Waals surface area contributed by atoms with Crippen LogP contribution in [-0.4, -0.2) is 0 Å². The number of fused-ring (bicyclic) bond motifs is 3. The van der Waals surface area contributed by atoms with Crippen molar-refractivity contribution in [3.8, 4) is 0 Å². The minimum absolute atomic E-state index is 0.133. The van der Waals surface area contributed by atoms with Gasteiger partial charge in [-0.25, -0.2) is 8.78 Å². The van der Waals surface area contributed by atoms with Crippen LogP contribution in [0.1, 0.15) is 60.8 Å². The Kier molecular flexibility index (Phi) is 5.56. The van der Waals surface area contributed by atoms with Gasteiger partial charge in [0.05, 0.1) is 0 Å². The van der Waals surface area contributed by atoms with E-state index >= 15 is 0 Å². The Bertz CT molecular complexity index is 1040. The fourth-order valence-electron chi connectivity index (χ4n) is 4.95. The average molecular weight is 418 g/mol. The van der Waals surface area contributed by atoms with Crippen molar-refractivity contribution in [1.29, 1.82) is 0 Å². The number of hydrogen-bond donors (Lipinski definition) is 0. The van der Waals surface area contributed by atoms with E-state index in [1.165, 1.54) is 0 Å². The van der Waals surface area contributed by atoms with Gasteiger partial charge in [0.2, 0.25) is 0 Å². The highest BCUT2D eigenvalue weighted by Gasteiger charge is 2.39. The van der Waals surface area contributed by atoms with Crippen LogP contribution < -0.4 is 0 Å². The molecule has 30 heavy (non-hydrogen) atoms. The van der Waals surface area contributed by atoms with Gasteiger partial charge in [-0.3, -0.25) is 0 Å². The van der Waals surface area contributed by atoms with E-state index in [1.807, 2.05) is 36.4 Å². The Labute approximate surface area is 172 Å². The first kappa shape index (κ1) is 20.8. The van der Waals surface area contributed by atoms with Crippen molar-refractivity contribution in [2.24, 2.45) is 5.92 Å². The maximum atomic E-state index is 14.4. The van der Waals surface area contributed by atoms with Crippen molar-refractivity contribution >= 4 is 10.8 Å². The SMILES string of the molecule is CCCC[C@@H]1CCc2c(ccc3ccccc23)[C@H]1c1cc(F)c(C(F)(F)F)c(F)c1. The van der Waals surface area contributed by atoms with E-state index in [2.05, 4.69) is 6.92 Å². The van der Waals surface area contributed by atoms with Crippen molar-refractivity contribution in [3.05, 3.63) is 82.4 Å². The fourth-order valence-corrected chi connectivity index (χ4v) is 4.95. The van der Waals surface area contributed by atoms with Crippen molar-refractivity contribution < 1.29 is 22.0 Å². The second kappa shape index (κ2) is 8.01.